The maximum absolute atomic E-state index is 12.6. The van der Waals surface area contributed by atoms with Crippen molar-refractivity contribution in [3.63, 3.8) is 0 Å². The number of aromatic nitrogens is 1. The van der Waals surface area contributed by atoms with Crippen LogP contribution in [0.2, 0.25) is 0 Å². The van der Waals surface area contributed by atoms with Crippen molar-refractivity contribution in [1.82, 2.24) is 10.4 Å². The standard InChI is InChI=1S/C21H20N4O4/c1-13-9-16(15-5-3-4-6-17(15)24-13)21(27)25-23-11-14-7-8-18(19(10-14)28-2)29-12-20(22)26/h3-11H,12H2,1-2H3,(H2,22,26)(H,25,27)/b23-11+. The van der Waals surface area contributed by atoms with Crippen LogP contribution >= 0.6 is 0 Å². The molecule has 0 unspecified atom stereocenters. The molecule has 3 N–H and O–H groups in total. The number of hydrogen-bond acceptors (Lipinski definition) is 6. The van der Waals surface area contributed by atoms with Gasteiger partial charge in [0.1, 0.15) is 0 Å². The largest absolute Gasteiger partial charge is 0.493 e. The van der Waals surface area contributed by atoms with Gasteiger partial charge >= 0.3 is 0 Å². The first-order valence-corrected chi connectivity index (χ1v) is 8.77. The van der Waals surface area contributed by atoms with E-state index in [0.29, 0.717) is 22.6 Å². The number of pyridine rings is 1. The van der Waals surface area contributed by atoms with Crippen LogP contribution in [0.4, 0.5) is 0 Å². The van der Waals surface area contributed by atoms with Gasteiger partial charge in [0.15, 0.2) is 18.1 Å². The van der Waals surface area contributed by atoms with Crippen LogP contribution in [0.5, 0.6) is 11.5 Å². The zero-order chi connectivity index (χ0) is 20.8. The van der Waals surface area contributed by atoms with Gasteiger partial charge in [0, 0.05) is 11.1 Å². The number of primary amides is 1. The van der Waals surface area contributed by atoms with Gasteiger partial charge in [0.25, 0.3) is 11.8 Å². The Balaban J connectivity index is 1.74. The number of nitrogens with one attached hydrogen (secondary N) is 1. The van der Waals surface area contributed by atoms with Gasteiger partial charge in [-0.15, -0.1) is 0 Å². The van der Waals surface area contributed by atoms with Gasteiger partial charge in [0.2, 0.25) is 0 Å². The average Bonchev–Trinajstić information content (AvgIpc) is 2.71. The lowest BCUT2D eigenvalue weighted by Gasteiger charge is -2.10. The van der Waals surface area contributed by atoms with Crippen LogP contribution < -0.4 is 20.6 Å². The molecule has 0 atom stereocenters. The molecule has 2 amide bonds. The summed E-state index contributed by atoms with van der Waals surface area (Å²) < 4.78 is 10.5. The van der Waals surface area contributed by atoms with Crippen LogP contribution in [-0.4, -0.2) is 36.7 Å². The molecular weight excluding hydrogens is 372 g/mol. The number of nitrogens with two attached hydrogens (primary N) is 1. The molecule has 8 nitrogen and oxygen atoms in total. The molecule has 0 bridgehead atoms. The van der Waals surface area contributed by atoms with Crippen molar-refractivity contribution in [2.45, 2.75) is 6.92 Å². The maximum atomic E-state index is 12.6. The Morgan fingerprint density at radius 1 is 1.17 bits per heavy atom. The van der Waals surface area contributed by atoms with E-state index in [9.17, 15) is 9.59 Å². The Bertz CT molecular complexity index is 1100. The third-order valence-electron chi connectivity index (χ3n) is 4.03. The van der Waals surface area contributed by atoms with Gasteiger partial charge in [-0.2, -0.15) is 5.10 Å². The average molecular weight is 392 g/mol. The highest BCUT2D eigenvalue weighted by Crippen LogP contribution is 2.27. The maximum Gasteiger partial charge on any atom is 0.272 e. The highest BCUT2D eigenvalue weighted by Gasteiger charge is 2.11. The lowest BCUT2D eigenvalue weighted by Crippen LogP contribution is -2.20. The van der Waals surface area contributed by atoms with Gasteiger partial charge in [-0.3, -0.25) is 14.6 Å². The number of hydrogen-bond donors (Lipinski definition) is 2. The van der Waals surface area contributed by atoms with Gasteiger partial charge in [-0.1, -0.05) is 18.2 Å². The second-order valence-electron chi connectivity index (χ2n) is 6.19. The molecule has 0 aliphatic rings. The molecule has 8 heteroatoms. The second kappa shape index (κ2) is 8.83. The lowest BCUT2D eigenvalue weighted by molar-refractivity contribution is -0.119. The van der Waals surface area contributed by atoms with E-state index in [4.69, 9.17) is 15.2 Å². The summed E-state index contributed by atoms with van der Waals surface area (Å²) in [5, 5.41) is 4.77. The summed E-state index contributed by atoms with van der Waals surface area (Å²) in [5.74, 6) is -0.126. The molecular formula is C21H20N4O4. The van der Waals surface area contributed by atoms with Gasteiger partial charge in [-0.05, 0) is 42.8 Å². The van der Waals surface area contributed by atoms with E-state index >= 15 is 0 Å². The zero-order valence-corrected chi connectivity index (χ0v) is 16.0. The van der Waals surface area contributed by atoms with Crippen LogP contribution in [0.25, 0.3) is 10.9 Å². The number of hydrazone groups is 1. The van der Waals surface area contributed by atoms with E-state index in [-0.39, 0.29) is 12.5 Å². The Morgan fingerprint density at radius 3 is 2.72 bits per heavy atom. The number of fused-ring (bicyclic) bond motifs is 1. The fourth-order valence-electron chi connectivity index (χ4n) is 2.75. The van der Waals surface area contributed by atoms with Crippen molar-refractivity contribution in [2.75, 3.05) is 13.7 Å². The number of benzene rings is 2. The molecule has 0 radical (unpaired) electrons. The molecule has 0 aliphatic heterocycles. The summed E-state index contributed by atoms with van der Waals surface area (Å²) in [7, 11) is 1.48. The molecule has 2 aromatic carbocycles. The van der Waals surface area contributed by atoms with Crippen molar-refractivity contribution >= 4 is 28.9 Å². The third kappa shape index (κ3) is 4.86. The molecule has 148 valence electrons. The minimum absolute atomic E-state index is 0.251. The second-order valence-corrected chi connectivity index (χ2v) is 6.19. The number of nitrogens with zero attached hydrogens (tertiary/aromatic N) is 2. The fraction of sp³-hybridized carbons (Fsp3) is 0.143. The Kier molecular flexibility index (Phi) is 6.03. The van der Waals surface area contributed by atoms with Crippen molar-refractivity contribution in [3.05, 3.63) is 65.4 Å². The molecule has 0 saturated carbocycles. The van der Waals surface area contributed by atoms with Gasteiger partial charge < -0.3 is 15.2 Å². The molecule has 0 saturated heterocycles. The number of carbonyl (C=O) groups excluding carboxylic acids is 2. The minimum Gasteiger partial charge on any atom is -0.493 e. The number of para-hydroxylation sites is 1. The van der Waals surface area contributed by atoms with E-state index in [1.807, 2.05) is 31.2 Å². The first-order valence-electron chi connectivity index (χ1n) is 8.77. The first-order chi connectivity index (χ1) is 14.0. The predicted octanol–water partition coefficient (Wildman–Crippen LogP) is 2.18. The molecule has 0 aliphatic carbocycles. The number of carbonyl (C=O) groups is 2. The molecule has 29 heavy (non-hydrogen) atoms. The predicted molar refractivity (Wildman–Crippen MR) is 109 cm³/mol. The molecule has 0 fully saturated rings. The number of aryl methyl sites for hydroxylation is 1. The SMILES string of the molecule is COc1cc(/C=N/NC(=O)c2cc(C)nc3ccccc23)ccc1OCC(N)=O. The topological polar surface area (TPSA) is 116 Å². The van der Waals surface area contributed by atoms with Crippen molar-refractivity contribution < 1.29 is 19.1 Å². The molecule has 3 rings (SSSR count). The zero-order valence-electron chi connectivity index (χ0n) is 16.0. The van der Waals surface area contributed by atoms with Crippen molar-refractivity contribution in [3.8, 4) is 11.5 Å². The van der Waals surface area contributed by atoms with Gasteiger partial charge in [0.05, 0.1) is 24.4 Å². The summed E-state index contributed by atoms with van der Waals surface area (Å²) in [6.45, 7) is 1.58. The minimum atomic E-state index is -0.584. The summed E-state index contributed by atoms with van der Waals surface area (Å²) in [4.78, 5) is 27.9. The van der Waals surface area contributed by atoms with E-state index in [0.717, 1.165) is 16.6 Å². The smallest absolute Gasteiger partial charge is 0.272 e. The Labute approximate surface area is 167 Å². The van der Waals surface area contributed by atoms with Crippen molar-refractivity contribution in [1.29, 1.82) is 0 Å². The van der Waals surface area contributed by atoms with E-state index < -0.39 is 5.91 Å². The molecule has 1 aromatic heterocycles. The normalized spacial score (nSPS) is 10.8. The van der Waals surface area contributed by atoms with E-state index in [2.05, 4.69) is 15.5 Å². The van der Waals surface area contributed by atoms with Crippen LogP contribution in [0.1, 0.15) is 21.6 Å². The highest BCUT2D eigenvalue weighted by atomic mass is 16.5. The summed E-state index contributed by atoms with van der Waals surface area (Å²) in [6, 6.07) is 14.2. The highest BCUT2D eigenvalue weighted by molar-refractivity contribution is 6.06. The van der Waals surface area contributed by atoms with E-state index in [1.54, 1.807) is 24.3 Å². The van der Waals surface area contributed by atoms with E-state index in [1.165, 1.54) is 13.3 Å². The lowest BCUT2D eigenvalue weighted by atomic mass is 10.1. The summed E-state index contributed by atoms with van der Waals surface area (Å²) in [5.41, 5.74) is 10.3. The van der Waals surface area contributed by atoms with Gasteiger partial charge in [-0.25, -0.2) is 5.43 Å². The Hall–Kier alpha value is -3.94. The fourth-order valence-corrected chi connectivity index (χ4v) is 2.75. The van der Waals surface area contributed by atoms with Crippen LogP contribution in [0.3, 0.4) is 0 Å². The summed E-state index contributed by atoms with van der Waals surface area (Å²) >= 11 is 0. The van der Waals surface area contributed by atoms with Crippen LogP contribution in [0, 0.1) is 6.92 Å². The Morgan fingerprint density at radius 2 is 1.97 bits per heavy atom. The quantitative estimate of drug-likeness (QED) is 0.472. The number of ether oxygens (including phenoxy) is 2. The molecule has 1 heterocycles. The molecule has 0 spiro atoms. The number of amides is 2. The monoisotopic (exact) mass is 392 g/mol. The summed E-state index contributed by atoms with van der Waals surface area (Å²) in [6.07, 6.45) is 1.48. The molecule has 3 aromatic rings. The van der Waals surface area contributed by atoms with Crippen molar-refractivity contribution in [2.24, 2.45) is 10.8 Å². The van der Waals surface area contributed by atoms with Crippen LogP contribution in [0.15, 0.2) is 53.6 Å². The number of rotatable bonds is 7. The third-order valence-corrected chi connectivity index (χ3v) is 4.03. The van der Waals surface area contributed by atoms with Crippen LogP contribution in [-0.2, 0) is 4.79 Å². The number of methoxy groups -OCH3 is 1. The first kappa shape index (κ1) is 19.8.